The summed E-state index contributed by atoms with van der Waals surface area (Å²) in [4.78, 5) is 0. The van der Waals surface area contributed by atoms with Crippen LogP contribution in [0.4, 0.5) is 0 Å². The van der Waals surface area contributed by atoms with Crippen LogP contribution in [0.1, 0.15) is 70.8 Å². The highest BCUT2D eigenvalue weighted by atomic mass is 35.5. The average molecular weight is 391 g/mol. The lowest BCUT2D eigenvalue weighted by Gasteiger charge is -2.14. The van der Waals surface area contributed by atoms with Crippen LogP contribution < -0.4 is 9.47 Å². The summed E-state index contributed by atoms with van der Waals surface area (Å²) in [6.45, 7) is 7.99. The summed E-state index contributed by atoms with van der Waals surface area (Å²) in [7, 11) is 0. The molecule has 150 valence electrons. The number of benzene rings is 2. The van der Waals surface area contributed by atoms with Gasteiger partial charge >= 0.3 is 0 Å². The number of rotatable bonds is 13. The second kappa shape index (κ2) is 12.1. The van der Waals surface area contributed by atoms with E-state index in [1.807, 2.05) is 0 Å². The third-order valence-corrected chi connectivity index (χ3v) is 5.49. The fraction of sp³-hybridized carbons (Fsp3) is 0.583. The van der Waals surface area contributed by atoms with Crippen LogP contribution >= 0.6 is 11.6 Å². The van der Waals surface area contributed by atoms with Crippen LogP contribution in [0.15, 0.2) is 30.3 Å². The van der Waals surface area contributed by atoms with Gasteiger partial charge in [-0.15, -0.1) is 11.6 Å². The molecule has 0 aromatic heterocycles. The van der Waals surface area contributed by atoms with Crippen molar-refractivity contribution in [2.75, 3.05) is 13.2 Å². The zero-order valence-electron chi connectivity index (χ0n) is 17.2. The summed E-state index contributed by atoms with van der Waals surface area (Å²) in [5.41, 5.74) is 1.24. The van der Waals surface area contributed by atoms with Crippen molar-refractivity contribution in [1.29, 1.82) is 0 Å². The number of alkyl halides is 1. The lowest BCUT2D eigenvalue weighted by Crippen LogP contribution is -2.02. The van der Waals surface area contributed by atoms with E-state index in [2.05, 4.69) is 51.1 Å². The van der Waals surface area contributed by atoms with Gasteiger partial charge in [0.2, 0.25) is 0 Å². The van der Waals surface area contributed by atoms with Gasteiger partial charge in [0.25, 0.3) is 0 Å². The Labute approximate surface area is 170 Å². The van der Waals surface area contributed by atoms with E-state index in [0.717, 1.165) is 67.6 Å². The van der Waals surface area contributed by atoms with Gasteiger partial charge in [0.05, 0.1) is 13.2 Å². The van der Waals surface area contributed by atoms with E-state index in [1.54, 1.807) is 0 Å². The summed E-state index contributed by atoms with van der Waals surface area (Å²) >= 11 is 6.19. The van der Waals surface area contributed by atoms with Gasteiger partial charge in [-0.2, -0.15) is 0 Å². The summed E-state index contributed by atoms with van der Waals surface area (Å²) in [5.74, 6) is 1.91. The lowest BCUT2D eigenvalue weighted by molar-refractivity contribution is 0.302. The number of halogens is 1. The van der Waals surface area contributed by atoms with E-state index in [0.29, 0.717) is 5.38 Å². The van der Waals surface area contributed by atoms with Crippen molar-refractivity contribution in [3.8, 4) is 11.5 Å². The Morgan fingerprint density at radius 1 is 0.815 bits per heavy atom. The fourth-order valence-electron chi connectivity index (χ4n) is 3.22. The molecule has 0 amide bonds. The van der Waals surface area contributed by atoms with Crippen molar-refractivity contribution in [1.82, 2.24) is 0 Å². The van der Waals surface area contributed by atoms with Gasteiger partial charge in [0.15, 0.2) is 0 Å². The first-order valence-corrected chi connectivity index (χ1v) is 11.0. The second-order valence-electron chi connectivity index (χ2n) is 7.37. The summed E-state index contributed by atoms with van der Waals surface area (Å²) in [6.07, 6.45) is 9.11. The van der Waals surface area contributed by atoms with Gasteiger partial charge in [0.1, 0.15) is 11.5 Å². The van der Waals surface area contributed by atoms with Crippen molar-refractivity contribution in [2.45, 2.75) is 77.5 Å². The number of hydrogen-bond acceptors (Lipinski definition) is 2. The average Bonchev–Trinajstić information content (AvgIpc) is 2.68. The Kier molecular flexibility index (Phi) is 9.83. The van der Waals surface area contributed by atoms with Gasteiger partial charge in [-0.25, -0.2) is 0 Å². The Balaban J connectivity index is 1.98. The highest BCUT2D eigenvalue weighted by Gasteiger charge is 2.09. The SMILES string of the molecule is CCCCCCOc1ccc(OCCCCC(Cl)CC)c2cc(C)ccc12. The molecule has 0 saturated heterocycles. The van der Waals surface area contributed by atoms with Gasteiger partial charge in [-0.3, -0.25) is 0 Å². The molecule has 0 heterocycles. The molecule has 2 nitrogen and oxygen atoms in total. The number of unbranched alkanes of at least 4 members (excludes halogenated alkanes) is 4. The quantitative estimate of drug-likeness (QED) is 0.258. The minimum Gasteiger partial charge on any atom is -0.493 e. The molecule has 0 aliphatic rings. The predicted molar refractivity (Wildman–Crippen MR) is 118 cm³/mol. The molecule has 2 aromatic carbocycles. The summed E-state index contributed by atoms with van der Waals surface area (Å²) in [5, 5.41) is 2.58. The molecule has 0 spiro atoms. The molecule has 2 aromatic rings. The first-order valence-electron chi connectivity index (χ1n) is 10.6. The first kappa shape index (κ1) is 21.9. The Morgan fingerprint density at radius 3 is 2.15 bits per heavy atom. The largest absolute Gasteiger partial charge is 0.493 e. The number of ether oxygens (including phenoxy) is 2. The summed E-state index contributed by atoms with van der Waals surface area (Å²) in [6, 6.07) is 10.6. The molecule has 0 N–H and O–H groups in total. The molecule has 3 heteroatoms. The Morgan fingerprint density at radius 2 is 1.48 bits per heavy atom. The number of fused-ring (bicyclic) bond motifs is 1. The van der Waals surface area contributed by atoms with Crippen molar-refractivity contribution in [3.05, 3.63) is 35.9 Å². The zero-order chi connectivity index (χ0) is 19.5. The number of hydrogen-bond donors (Lipinski definition) is 0. The molecular formula is C24H35ClO2. The van der Waals surface area contributed by atoms with Crippen LogP contribution in [0.2, 0.25) is 0 Å². The third kappa shape index (κ3) is 7.25. The topological polar surface area (TPSA) is 18.5 Å². The van der Waals surface area contributed by atoms with Crippen LogP contribution in [0.5, 0.6) is 11.5 Å². The minimum atomic E-state index is 0.294. The van der Waals surface area contributed by atoms with Crippen LogP contribution in [0, 0.1) is 6.92 Å². The van der Waals surface area contributed by atoms with Crippen LogP contribution in [-0.2, 0) is 0 Å². The third-order valence-electron chi connectivity index (χ3n) is 4.96. The molecular weight excluding hydrogens is 356 g/mol. The van der Waals surface area contributed by atoms with E-state index in [-0.39, 0.29) is 0 Å². The Hall–Kier alpha value is -1.41. The van der Waals surface area contributed by atoms with Gasteiger partial charge < -0.3 is 9.47 Å². The van der Waals surface area contributed by atoms with E-state index in [9.17, 15) is 0 Å². The normalized spacial score (nSPS) is 12.3. The molecule has 0 aliphatic carbocycles. The van der Waals surface area contributed by atoms with Crippen molar-refractivity contribution >= 4 is 22.4 Å². The maximum Gasteiger partial charge on any atom is 0.127 e. The molecule has 1 atom stereocenters. The highest BCUT2D eigenvalue weighted by molar-refractivity contribution is 6.20. The summed E-state index contributed by atoms with van der Waals surface area (Å²) < 4.78 is 12.2. The maximum atomic E-state index is 6.19. The minimum absolute atomic E-state index is 0.294. The Bertz CT molecular complexity index is 683. The van der Waals surface area contributed by atoms with E-state index in [4.69, 9.17) is 21.1 Å². The van der Waals surface area contributed by atoms with Crippen LogP contribution in [-0.4, -0.2) is 18.6 Å². The van der Waals surface area contributed by atoms with Gasteiger partial charge in [-0.1, -0.05) is 50.8 Å². The van der Waals surface area contributed by atoms with Crippen LogP contribution in [0.25, 0.3) is 10.8 Å². The second-order valence-corrected chi connectivity index (χ2v) is 7.99. The molecule has 27 heavy (non-hydrogen) atoms. The zero-order valence-corrected chi connectivity index (χ0v) is 18.0. The lowest BCUT2D eigenvalue weighted by atomic mass is 10.1. The molecule has 0 saturated carbocycles. The van der Waals surface area contributed by atoms with E-state index < -0.39 is 0 Å². The maximum absolute atomic E-state index is 6.19. The van der Waals surface area contributed by atoms with Crippen molar-refractivity contribution in [2.24, 2.45) is 0 Å². The van der Waals surface area contributed by atoms with Gasteiger partial charge in [0, 0.05) is 16.1 Å². The monoisotopic (exact) mass is 390 g/mol. The molecule has 1 unspecified atom stereocenters. The number of aryl methyl sites for hydroxylation is 1. The molecule has 0 bridgehead atoms. The van der Waals surface area contributed by atoms with E-state index >= 15 is 0 Å². The molecule has 0 aliphatic heterocycles. The standard InChI is InChI=1S/C24H35ClO2/c1-4-6-7-9-16-26-23-14-15-24(22-18-19(3)12-13-21(22)23)27-17-10-8-11-20(25)5-2/h12-15,18,20H,4-11,16-17H2,1-3H3. The smallest absolute Gasteiger partial charge is 0.127 e. The highest BCUT2D eigenvalue weighted by Crippen LogP contribution is 2.34. The van der Waals surface area contributed by atoms with E-state index in [1.165, 1.54) is 24.8 Å². The molecule has 2 rings (SSSR count). The van der Waals surface area contributed by atoms with Crippen LogP contribution in [0.3, 0.4) is 0 Å². The van der Waals surface area contributed by atoms with Crippen molar-refractivity contribution < 1.29 is 9.47 Å². The molecule has 0 fully saturated rings. The molecule has 0 radical (unpaired) electrons. The van der Waals surface area contributed by atoms with Gasteiger partial charge in [-0.05, 0) is 57.2 Å². The first-order chi connectivity index (χ1) is 13.2. The fourth-order valence-corrected chi connectivity index (χ4v) is 3.38. The van der Waals surface area contributed by atoms with Crippen molar-refractivity contribution in [3.63, 3.8) is 0 Å². The predicted octanol–water partition coefficient (Wildman–Crippen LogP) is 7.67.